The van der Waals surface area contributed by atoms with Crippen LogP contribution in [0.3, 0.4) is 0 Å². The predicted molar refractivity (Wildman–Crippen MR) is 100.0 cm³/mol. The largest absolute Gasteiger partial charge is 0.369 e. The van der Waals surface area contributed by atoms with Crippen LogP contribution in [0.4, 0.5) is 11.4 Å². The van der Waals surface area contributed by atoms with Gasteiger partial charge in [-0.05, 0) is 31.3 Å². The van der Waals surface area contributed by atoms with Gasteiger partial charge in [-0.2, -0.15) is 4.98 Å². The number of carbonyl (C=O) groups is 1. The van der Waals surface area contributed by atoms with Crippen molar-refractivity contribution < 1.29 is 9.32 Å². The zero-order chi connectivity index (χ0) is 17.6. The number of amides is 1. The van der Waals surface area contributed by atoms with Crippen molar-refractivity contribution in [1.29, 1.82) is 0 Å². The standard InChI is InChI=1S/C17H23N5O2S/c1-13-18-16(20-24-13)11-25-12-17(23)19-14-3-5-15(6-4-14)22-9-7-21(2)8-10-22/h3-6H,7-12H2,1-2H3,(H,19,23). The van der Waals surface area contributed by atoms with Gasteiger partial charge in [0.2, 0.25) is 11.8 Å². The van der Waals surface area contributed by atoms with E-state index in [0.29, 0.717) is 23.2 Å². The van der Waals surface area contributed by atoms with Crippen LogP contribution in [0, 0.1) is 6.92 Å². The fraction of sp³-hybridized carbons (Fsp3) is 0.471. The second kappa shape index (κ2) is 8.35. The summed E-state index contributed by atoms with van der Waals surface area (Å²) in [4.78, 5) is 20.8. The Balaban J connectivity index is 1.43. The number of nitrogens with one attached hydrogen (secondary N) is 1. The van der Waals surface area contributed by atoms with Crippen LogP contribution in [0.1, 0.15) is 11.7 Å². The maximum absolute atomic E-state index is 12.0. The van der Waals surface area contributed by atoms with Gasteiger partial charge in [0.25, 0.3) is 0 Å². The Bertz CT molecular complexity index is 695. The Morgan fingerprint density at radius 3 is 2.60 bits per heavy atom. The third-order valence-corrected chi connectivity index (χ3v) is 4.98. The quantitative estimate of drug-likeness (QED) is 0.843. The zero-order valence-electron chi connectivity index (χ0n) is 14.6. The van der Waals surface area contributed by atoms with E-state index in [4.69, 9.17) is 4.52 Å². The van der Waals surface area contributed by atoms with E-state index in [1.54, 1.807) is 6.92 Å². The first-order valence-electron chi connectivity index (χ1n) is 8.30. The molecule has 1 aromatic carbocycles. The second-order valence-corrected chi connectivity index (χ2v) is 7.09. The van der Waals surface area contributed by atoms with E-state index in [1.165, 1.54) is 17.4 Å². The van der Waals surface area contributed by atoms with Crippen LogP contribution in [0.5, 0.6) is 0 Å². The highest BCUT2D eigenvalue weighted by Crippen LogP contribution is 2.19. The van der Waals surface area contributed by atoms with Crippen molar-refractivity contribution in [3.05, 3.63) is 36.0 Å². The molecule has 1 fully saturated rings. The summed E-state index contributed by atoms with van der Waals surface area (Å²) in [6, 6.07) is 8.05. The molecule has 1 saturated heterocycles. The summed E-state index contributed by atoms with van der Waals surface area (Å²) >= 11 is 1.46. The third kappa shape index (κ3) is 5.20. The molecule has 0 spiro atoms. The van der Waals surface area contributed by atoms with Crippen LogP contribution in [0.25, 0.3) is 0 Å². The molecule has 1 aliphatic heterocycles. The van der Waals surface area contributed by atoms with Gasteiger partial charge in [0.1, 0.15) is 0 Å². The van der Waals surface area contributed by atoms with E-state index in [2.05, 4.69) is 44.4 Å². The molecule has 0 saturated carbocycles. The van der Waals surface area contributed by atoms with Crippen LogP contribution >= 0.6 is 11.8 Å². The lowest BCUT2D eigenvalue weighted by molar-refractivity contribution is -0.113. The molecular formula is C17H23N5O2S. The van der Waals surface area contributed by atoms with E-state index >= 15 is 0 Å². The minimum absolute atomic E-state index is 0.0300. The Labute approximate surface area is 151 Å². The van der Waals surface area contributed by atoms with E-state index in [-0.39, 0.29) is 5.91 Å². The molecule has 25 heavy (non-hydrogen) atoms. The number of rotatable bonds is 6. The van der Waals surface area contributed by atoms with Gasteiger partial charge in [0, 0.05) is 44.5 Å². The molecule has 0 unspecified atom stereocenters. The molecule has 3 rings (SSSR count). The van der Waals surface area contributed by atoms with Gasteiger partial charge in [0.15, 0.2) is 5.82 Å². The Hall–Kier alpha value is -2.06. The molecule has 0 radical (unpaired) electrons. The number of aromatic nitrogens is 2. The molecule has 1 aromatic heterocycles. The maximum Gasteiger partial charge on any atom is 0.234 e. The number of carbonyl (C=O) groups excluding carboxylic acids is 1. The van der Waals surface area contributed by atoms with Crippen LogP contribution in [0.2, 0.25) is 0 Å². The van der Waals surface area contributed by atoms with Gasteiger partial charge < -0.3 is 19.6 Å². The monoisotopic (exact) mass is 361 g/mol. The van der Waals surface area contributed by atoms with Crippen molar-refractivity contribution in [2.45, 2.75) is 12.7 Å². The van der Waals surface area contributed by atoms with Crippen molar-refractivity contribution in [2.24, 2.45) is 0 Å². The number of hydrogen-bond acceptors (Lipinski definition) is 7. The fourth-order valence-electron chi connectivity index (χ4n) is 2.65. The van der Waals surface area contributed by atoms with E-state index in [1.807, 2.05) is 12.1 Å². The highest BCUT2D eigenvalue weighted by atomic mass is 32.2. The lowest BCUT2D eigenvalue weighted by Gasteiger charge is -2.34. The SMILES string of the molecule is Cc1nc(CSCC(=O)Nc2ccc(N3CCN(C)CC3)cc2)no1. The first-order valence-corrected chi connectivity index (χ1v) is 9.46. The van der Waals surface area contributed by atoms with Gasteiger partial charge in [-0.25, -0.2) is 0 Å². The van der Waals surface area contributed by atoms with Crippen LogP contribution in [0.15, 0.2) is 28.8 Å². The highest BCUT2D eigenvalue weighted by molar-refractivity contribution is 7.99. The van der Waals surface area contributed by atoms with Gasteiger partial charge in [-0.1, -0.05) is 5.16 Å². The number of piperazine rings is 1. The number of thioether (sulfide) groups is 1. The summed E-state index contributed by atoms with van der Waals surface area (Å²) in [5.41, 5.74) is 2.02. The topological polar surface area (TPSA) is 74.5 Å². The average molecular weight is 361 g/mol. The average Bonchev–Trinajstić information content (AvgIpc) is 3.02. The van der Waals surface area contributed by atoms with Gasteiger partial charge in [-0.3, -0.25) is 4.79 Å². The molecule has 1 N–H and O–H groups in total. The smallest absolute Gasteiger partial charge is 0.234 e. The first-order chi connectivity index (χ1) is 12.1. The van der Waals surface area contributed by atoms with Crippen molar-refractivity contribution in [1.82, 2.24) is 15.0 Å². The number of hydrogen-bond donors (Lipinski definition) is 1. The zero-order valence-corrected chi connectivity index (χ0v) is 15.4. The number of benzene rings is 1. The maximum atomic E-state index is 12.0. The molecule has 134 valence electrons. The van der Waals surface area contributed by atoms with Crippen molar-refractivity contribution in [3.8, 4) is 0 Å². The first kappa shape index (κ1) is 17.8. The second-order valence-electron chi connectivity index (χ2n) is 6.11. The minimum atomic E-state index is -0.0300. The summed E-state index contributed by atoms with van der Waals surface area (Å²) in [6.07, 6.45) is 0. The summed E-state index contributed by atoms with van der Waals surface area (Å²) in [7, 11) is 2.15. The van der Waals surface area contributed by atoms with Crippen molar-refractivity contribution >= 4 is 29.0 Å². The summed E-state index contributed by atoms with van der Waals surface area (Å²) < 4.78 is 4.90. The summed E-state index contributed by atoms with van der Waals surface area (Å²) in [5.74, 6) is 2.05. The van der Waals surface area contributed by atoms with Crippen molar-refractivity contribution in [3.63, 3.8) is 0 Å². The van der Waals surface area contributed by atoms with Crippen LogP contribution in [-0.2, 0) is 10.5 Å². The molecule has 8 heteroatoms. The molecule has 2 aromatic rings. The van der Waals surface area contributed by atoms with E-state index < -0.39 is 0 Å². The Kier molecular flexibility index (Phi) is 5.93. The van der Waals surface area contributed by atoms with E-state index in [0.717, 1.165) is 31.9 Å². The predicted octanol–water partition coefficient (Wildman–Crippen LogP) is 2.00. The fourth-order valence-corrected chi connectivity index (χ4v) is 3.31. The molecule has 0 aliphatic carbocycles. The number of likely N-dealkylation sites (N-methyl/N-ethyl adjacent to an activating group) is 1. The summed E-state index contributed by atoms with van der Waals surface area (Å²) in [5, 5.41) is 6.73. The van der Waals surface area contributed by atoms with Gasteiger partial charge in [0.05, 0.1) is 11.5 Å². The van der Waals surface area contributed by atoms with Crippen LogP contribution in [-0.4, -0.2) is 59.9 Å². The molecule has 1 aliphatic rings. The highest BCUT2D eigenvalue weighted by Gasteiger charge is 2.14. The molecule has 2 heterocycles. The third-order valence-electron chi connectivity index (χ3n) is 4.05. The van der Waals surface area contributed by atoms with E-state index in [9.17, 15) is 4.79 Å². The number of aryl methyl sites for hydroxylation is 1. The Morgan fingerprint density at radius 2 is 1.96 bits per heavy atom. The van der Waals surface area contributed by atoms with Crippen molar-refractivity contribution in [2.75, 3.05) is 49.2 Å². The molecule has 0 bridgehead atoms. The summed E-state index contributed by atoms with van der Waals surface area (Å²) in [6.45, 7) is 5.98. The number of nitrogens with zero attached hydrogens (tertiary/aromatic N) is 4. The van der Waals surface area contributed by atoms with Crippen LogP contribution < -0.4 is 10.2 Å². The lowest BCUT2D eigenvalue weighted by Crippen LogP contribution is -2.44. The lowest BCUT2D eigenvalue weighted by atomic mass is 10.2. The minimum Gasteiger partial charge on any atom is -0.369 e. The van der Waals surface area contributed by atoms with Gasteiger partial charge >= 0.3 is 0 Å². The molecule has 7 nitrogen and oxygen atoms in total. The normalized spacial score (nSPS) is 15.4. The van der Waals surface area contributed by atoms with Gasteiger partial charge in [-0.15, -0.1) is 11.8 Å². The molecule has 1 amide bonds. The Morgan fingerprint density at radius 1 is 1.24 bits per heavy atom. The molecule has 0 atom stereocenters. The number of anilines is 2. The molecular weight excluding hydrogens is 338 g/mol.